The minimum absolute atomic E-state index is 0.0891. The quantitative estimate of drug-likeness (QED) is 0.902. The van der Waals surface area contributed by atoms with Crippen molar-refractivity contribution in [1.82, 2.24) is 15.1 Å². The standard InChI is InChI=1S/C16H20N4O2S/c1-9-6-12(10(2)23-9)16(22)20-5-3-4-11(8-20)13-7-14(15(17)21)19-18-13/h6-7,11H,3-5,8H2,1-2H3,(H2,17,21)(H,18,19)/t11-/m0/s1. The number of nitrogens with two attached hydrogens (primary N) is 1. The summed E-state index contributed by atoms with van der Waals surface area (Å²) in [6.45, 7) is 5.40. The average Bonchev–Trinajstić information content (AvgIpc) is 3.13. The third kappa shape index (κ3) is 3.14. The minimum Gasteiger partial charge on any atom is -0.364 e. The first-order chi connectivity index (χ1) is 11.0. The summed E-state index contributed by atoms with van der Waals surface area (Å²) >= 11 is 1.65. The molecule has 1 saturated heterocycles. The van der Waals surface area contributed by atoms with Crippen LogP contribution in [0.15, 0.2) is 12.1 Å². The molecule has 0 bridgehead atoms. The maximum absolute atomic E-state index is 12.8. The number of nitrogens with zero attached hydrogens (tertiary/aromatic N) is 2. The van der Waals surface area contributed by atoms with Gasteiger partial charge in [0, 0.05) is 34.5 Å². The summed E-state index contributed by atoms with van der Waals surface area (Å²) in [6, 6.07) is 3.66. The number of H-pyrrole nitrogens is 1. The first kappa shape index (κ1) is 15.7. The van der Waals surface area contributed by atoms with Crippen molar-refractivity contribution in [1.29, 1.82) is 0 Å². The highest BCUT2D eigenvalue weighted by atomic mass is 32.1. The Morgan fingerprint density at radius 3 is 2.78 bits per heavy atom. The second-order valence-corrected chi connectivity index (χ2v) is 7.45. The lowest BCUT2D eigenvalue weighted by Crippen LogP contribution is -2.39. The Bertz CT molecular complexity index is 749. The van der Waals surface area contributed by atoms with Crippen molar-refractivity contribution in [2.75, 3.05) is 13.1 Å². The van der Waals surface area contributed by atoms with E-state index in [9.17, 15) is 9.59 Å². The van der Waals surface area contributed by atoms with Gasteiger partial charge in [-0.05, 0) is 38.8 Å². The van der Waals surface area contributed by atoms with Crippen LogP contribution in [0, 0.1) is 13.8 Å². The van der Waals surface area contributed by atoms with E-state index in [0.29, 0.717) is 6.54 Å². The first-order valence-electron chi connectivity index (χ1n) is 7.67. The molecule has 1 aliphatic rings. The van der Waals surface area contributed by atoms with Crippen molar-refractivity contribution in [2.45, 2.75) is 32.6 Å². The molecule has 0 spiro atoms. The number of rotatable bonds is 3. The fourth-order valence-corrected chi connectivity index (χ4v) is 4.02. The van der Waals surface area contributed by atoms with Crippen LogP contribution < -0.4 is 5.73 Å². The molecule has 2 aromatic heterocycles. The van der Waals surface area contributed by atoms with E-state index in [2.05, 4.69) is 10.2 Å². The lowest BCUT2D eigenvalue weighted by Gasteiger charge is -2.32. The molecule has 0 unspecified atom stereocenters. The third-order valence-corrected chi connectivity index (χ3v) is 5.24. The predicted molar refractivity (Wildman–Crippen MR) is 88.8 cm³/mol. The molecule has 0 aromatic carbocycles. The zero-order chi connectivity index (χ0) is 16.6. The van der Waals surface area contributed by atoms with Crippen molar-refractivity contribution >= 4 is 23.2 Å². The van der Waals surface area contributed by atoms with Crippen LogP contribution >= 0.6 is 11.3 Å². The van der Waals surface area contributed by atoms with Crippen LogP contribution in [0.5, 0.6) is 0 Å². The number of carbonyl (C=O) groups is 2. The van der Waals surface area contributed by atoms with E-state index in [0.717, 1.165) is 40.4 Å². The zero-order valence-corrected chi connectivity index (χ0v) is 14.1. The minimum atomic E-state index is -0.541. The zero-order valence-electron chi connectivity index (χ0n) is 13.3. The molecule has 6 nitrogen and oxygen atoms in total. The van der Waals surface area contributed by atoms with Crippen molar-refractivity contribution in [3.05, 3.63) is 38.8 Å². The number of aromatic nitrogens is 2. The van der Waals surface area contributed by atoms with Gasteiger partial charge < -0.3 is 10.6 Å². The molecule has 0 aliphatic carbocycles. The van der Waals surface area contributed by atoms with E-state index in [1.807, 2.05) is 24.8 Å². The molecule has 1 fully saturated rings. The summed E-state index contributed by atoms with van der Waals surface area (Å²) in [6.07, 6.45) is 1.90. The molecule has 3 rings (SSSR count). The number of aromatic amines is 1. The molecule has 1 aliphatic heterocycles. The van der Waals surface area contributed by atoms with Gasteiger partial charge in [0.15, 0.2) is 0 Å². The van der Waals surface area contributed by atoms with Crippen LogP contribution in [0.3, 0.4) is 0 Å². The van der Waals surface area contributed by atoms with Gasteiger partial charge in [0.1, 0.15) is 5.69 Å². The van der Waals surface area contributed by atoms with Gasteiger partial charge in [-0.25, -0.2) is 0 Å². The largest absolute Gasteiger partial charge is 0.364 e. The second kappa shape index (κ2) is 6.16. The number of primary amides is 1. The van der Waals surface area contributed by atoms with Crippen LogP contribution in [0.2, 0.25) is 0 Å². The Morgan fingerprint density at radius 1 is 1.39 bits per heavy atom. The van der Waals surface area contributed by atoms with E-state index in [4.69, 9.17) is 5.73 Å². The molecule has 23 heavy (non-hydrogen) atoms. The number of hydrogen-bond donors (Lipinski definition) is 2. The third-order valence-electron chi connectivity index (χ3n) is 4.27. The highest BCUT2D eigenvalue weighted by molar-refractivity contribution is 7.12. The lowest BCUT2D eigenvalue weighted by atomic mass is 9.94. The van der Waals surface area contributed by atoms with Crippen LogP contribution in [0.25, 0.3) is 0 Å². The topological polar surface area (TPSA) is 92.1 Å². The molecule has 0 saturated carbocycles. The number of hydrogen-bond acceptors (Lipinski definition) is 4. The number of piperidine rings is 1. The molecular weight excluding hydrogens is 312 g/mol. The van der Waals surface area contributed by atoms with Crippen LogP contribution in [0.1, 0.15) is 55.1 Å². The Labute approximate surface area is 138 Å². The highest BCUT2D eigenvalue weighted by Gasteiger charge is 2.28. The second-order valence-electron chi connectivity index (χ2n) is 5.99. The molecule has 3 heterocycles. The van der Waals surface area contributed by atoms with E-state index < -0.39 is 5.91 Å². The predicted octanol–water partition coefficient (Wildman–Crippen LogP) is 2.21. The summed E-state index contributed by atoms with van der Waals surface area (Å²) in [5.41, 5.74) is 7.16. The van der Waals surface area contributed by atoms with Crippen molar-refractivity contribution < 1.29 is 9.59 Å². The number of aryl methyl sites for hydroxylation is 2. The summed E-state index contributed by atoms with van der Waals surface area (Å²) in [7, 11) is 0. The molecule has 1 atom stereocenters. The van der Waals surface area contributed by atoms with Crippen LogP contribution in [0.4, 0.5) is 0 Å². The van der Waals surface area contributed by atoms with Crippen LogP contribution in [-0.2, 0) is 0 Å². The van der Waals surface area contributed by atoms with Gasteiger partial charge in [0.05, 0.1) is 5.56 Å². The number of nitrogens with one attached hydrogen (secondary N) is 1. The average molecular weight is 332 g/mol. The summed E-state index contributed by atoms with van der Waals surface area (Å²) < 4.78 is 0. The van der Waals surface area contributed by atoms with Crippen molar-refractivity contribution in [2.24, 2.45) is 5.73 Å². The molecule has 7 heteroatoms. The molecule has 0 radical (unpaired) electrons. The van der Waals surface area contributed by atoms with Gasteiger partial charge >= 0.3 is 0 Å². The van der Waals surface area contributed by atoms with Crippen molar-refractivity contribution in [3.8, 4) is 0 Å². The Morgan fingerprint density at radius 2 is 2.17 bits per heavy atom. The summed E-state index contributed by atoms with van der Waals surface area (Å²) in [5.74, 6) is -0.292. The van der Waals surface area contributed by atoms with Crippen molar-refractivity contribution in [3.63, 3.8) is 0 Å². The van der Waals surface area contributed by atoms with Gasteiger partial charge in [-0.1, -0.05) is 0 Å². The molecule has 2 amide bonds. The van der Waals surface area contributed by atoms with E-state index in [-0.39, 0.29) is 17.5 Å². The Hall–Kier alpha value is -2.15. The van der Waals surface area contributed by atoms with Gasteiger partial charge in [-0.3, -0.25) is 14.7 Å². The fraction of sp³-hybridized carbons (Fsp3) is 0.438. The first-order valence-corrected chi connectivity index (χ1v) is 8.48. The van der Waals surface area contributed by atoms with Crippen LogP contribution in [-0.4, -0.2) is 40.0 Å². The SMILES string of the molecule is Cc1cc(C(=O)N2CCC[C@H](c3cc(C(N)=O)n[nH]3)C2)c(C)s1. The summed E-state index contributed by atoms with van der Waals surface area (Å²) in [4.78, 5) is 28.0. The fourth-order valence-electron chi connectivity index (χ4n) is 3.10. The lowest BCUT2D eigenvalue weighted by molar-refractivity contribution is 0.0705. The van der Waals surface area contributed by atoms with Gasteiger partial charge in [0.25, 0.3) is 11.8 Å². The molecule has 122 valence electrons. The number of carbonyl (C=O) groups excluding carboxylic acids is 2. The molecule has 3 N–H and O–H groups in total. The Balaban J connectivity index is 1.76. The molecular formula is C16H20N4O2S. The maximum atomic E-state index is 12.8. The number of thiophene rings is 1. The number of amides is 2. The Kier molecular flexibility index (Phi) is 4.21. The van der Waals surface area contributed by atoms with E-state index in [1.165, 1.54) is 0 Å². The smallest absolute Gasteiger partial charge is 0.269 e. The van der Waals surface area contributed by atoms with Gasteiger partial charge in [-0.2, -0.15) is 5.10 Å². The maximum Gasteiger partial charge on any atom is 0.269 e. The van der Waals surface area contributed by atoms with E-state index >= 15 is 0 Å². The van der Waals surface area contributed by atoms with E-state index in [1.54, 1.807) is 17.4 Å². The molecule has 2 aromatic rings. The normalized spacial score (nSPS) is 18.2. The highest BCUT2D eigenvalue weighted by Crippen LogP contribution is 2.29. The van der Waals surface area contributed by atoms with Gasteiger partial charge in [0.2, 0.25) is 0 Å². The summed E-state index contributed by atoms with van der Waals surface area (Å²) in [5, 5.41) is 6.82. The monoisotopic (exact) mass is 332 g/mol. The van der Waals surface area contributed by atoms with Gasteiger partial charge in [-0.15, -0.1) is 11.3 Å². The number of likely N-dealkylation sites (tertiary alicyclic amines) is 1.